The Morgan fingerprint density at radius 1 is 1.61 bits per heavy atom. The van der Waals surface area contributed by atoms with Gasteiger partial charge in [0.2, 0.25) is 0 Å². The van der Waals surface area contributed by atoms with Crippen molar-refractivity contribution in [3.63, 3.8) is 0 Å². The number of nitro benzene ring substituents is 1. The number of halogens is 1. The lowest BCUT2D eigenvalue weighted by Gasteiger charge is -2.06. The van der Waals surface area contributed by atoms with E-state index in [2.05, 4.69) is 28.2 Å². The largest absolute Gasteiger partial charge is 0.349 e. The van der Waals surface area contributed by atoms with Crippen molar-refractivity contribution in [2.24, 2.45) is 5.92 Å². The number of hydrogen-bond donors (Lipinski definition) is 1. The predicted octanol–water partition coefficient (Wildman–Crippen LogP) is 2.89. The molecule has 1 amide bonds. The summed E-state index contributed by atoms with van der Waals surface area (Å²) in [6.07, 6.45) is 2.08. The van der Waals surface area contributed by atoms with E-state index in [1.807, 2.05) is 0 Å². The van der Waals surface area contributed by atoms with Crippen LogP contribution in [0, 0.1) is 16.0 Å². The number of hydrogen-bond acceptors (Lipinski definition) is 3. The smallest absolute Gasteiger partial charge is 0.270 e. The van der Waals surface area contributed by atoms with Crippen LogP contribution < -0.4 is 5.32 Å². The average molecular weight is 313 g/mol. The zero-order valence-electron chi connectivity index (χ0n) is 9.85. The molecule has 0 bridgehead atoms. The summed E-state index contributed by atoms with van der Waals surface area (Å²) in [5, 5.41) is 13.5. The van der Waals surface area contributed by atoms with Crippen LogP contribution in [0.1, 0.15) is 30.1 Å². The fourth-order valence-electron chi connectivity index (χ4n) is 1.92. The molecule has 1 aromatic rings. The summed E-state index contributed by atoms with van der Waals surface area (Å²) in [6, 6.07) is 4.41. The maximum atomic E-state index is 11.9. The van der Waals surface area contributed by atoms with Crippen LogP contribution in [0.15, 0.2) is 22.7 Å². The lowest BCUT2D eigenvalue weighted by Crippen LogP contribution is -2.27. The van der Waals surface area contributed by atoms with Gasteiger partial charge in [-0.25, -0.2) is 0 Å². The molecule has 1 N–H and O–H groups in total. The highest BCUT2D eigenvalue weighted by Crippen LogP contribution is 2.33. The molecule has 0 radical (unpaired) electrons. The molecule has 0 aliphatic heterocycles. The first-order valence-electron chi connectivity index (χ1n) is 5.77. The van der Waals surface area contributed by atoms with Crippen molar-refractivity contribution >= 4 is 27.5 Å². The minimum absolute atomic E-state index is 0.0312. The van der Waals surface area contributed by atoms with Crippen molar-refractivity contribution in [1.82, 2.24) is 5.32 Å². The van der Waals surface area contributed by atoms with Gasteiger partial charge in [-0.2, -0.15) is 0 Å². The minimum Gasteiger partial charge on any atom is -0.349 e. The highest BCUT2D eigenvalue weighted by molar-refractivity contribution is 9.10. The van der Waals surface area contributed by atoms with Crippen molar-refractivity contribution in [3.05, 3.63) is 38.3 Å². The third-order valence-corrected chi connectivity index (χ3v) is 3.83. The van der Waals surface area contributed by atoms with E-state index in [0.29, 0.717) is 16.0 Å². The Morgan fingerprint density at radius 2 is 2.33 bits per heavy atom. The number of rotatable bonds is 4. The zero-order chi connectivity index (χ0) is 13.3. The molecule has 2 atom stereocenters. The van der Waals surface area contributed by atoms with E-state index >= 15 is 0 Å². The number of nitrogens with one attached hydrogen (secondary N) is 1. The third-order valence-electron chi connectivity index (χ3n) is 3.17. The molecule has 0 heterocycles. The second-order valence-electron chi connectivity index (χ2n) is 4.41. The molecular weight excluding hydrogens is 300 g/mol. The first-order chi connectivity index (χ1) is 8.52. The van der Waals surface area contributed by atoms with Crippen molar-refractivity contribution in [1.29, 1.82) is 0 Å². The Hall–Kier alpha value is -1.43. The van der Waals surface area contributed by atoms with E-state index < -0.39 is 4.92 Å². The van der Waals surface area contributed by atoms with Crippen molar-refractivity contribution < 1.29 is 9.72 Å². The summed E-state index contributed by atoms with van der Waals surface area (Å²) in [4.78, 5) is 22.1. The van der Waals surface area contributed by atoms with Crippen molar-refractivity contribution in [3.8, 4) is 0 Å². The molecule has 1 aliphatic carbocycles. The van der Waals surface area contributed by atoms with Crippen LogP contribution in [-0.4, -0.2) is 16.9 Å². The van der Waals surface area contributed by atoms with Gasteiger partial charge in [-0.15, -0.1) is 0 Å². The van der Waals surface area contributed by atoms with Crippen molar-refractivity contribution in [2.75, 3.05) is 0 Å². The Bertz CT molecular complexity index is 504. The van der Waals surface area contributed by atoms with Gasteiger partial charge in [0, 0.05) is 22.6 Å². The van der Waals surface area contributed by atoms with Crippen LogP contribution in [0.2, 0.25) is 0 Å². The van der Waals surface area contributed by atoms with E-state index in [0.717, 1.165) is 12.8 Å². The normalized spacial score (nSPS) is 21.4. The van der Waals surface area contributed by atoms with E-state index in [9.17, 15) is 14.9 Å². The number of non-ortho nitro benzene ring substituents is 1. The molecular formula is C12H13BrN2O3. The summed E-state index contributed by atoms with van der Waals surface area (Å²) in [7, 11) is 0. The topological polar surface area (TPSA) is 72.2 Å². The second-order valence-corrected chi connectivity index (χ2v) is 5.26. The number of nitro groups is 1. The molecule has 18 heavy (non-hydrogen) atoms. The highest BCUT2D eigenvalue weighted by atomic mass is 79.9. The van der Waals surface area contributed by atoms with Crippen LogP contribution in [0.5, 0.6) is 0 Å². The van der Waals surface area contributed by atoms with E-state index in [1.54, 1.807) is 0 Å². The Kier molecular flexibility index (Phi) is 3.65. The fraction of sp³-hybridized carbons (Fsp3) is 0.417. The minimum atomic E-state index is -0.486. The molecule has 0 saturated heterocycles. The molecule has 1 aliphatic rings. The summed E-state index contributed by atoms with van der Waals surface area (Å²) in [6.45, 7) is 2.10. The summed E-state index contributed by atoms with van der Waals surface area (Å²) in [5.41, 5.74) is 0.402. The van der Waals surface area contributed by atoms with Gasteiger partial charge >= 0.3 is 0 Å². The number of nitrogens with zero attached hydrogens (tertiary/aromatic N) is 1. The maximum Gasteiger partial charge on any atom is 0.270 e. The summed E-state index contributed by atoms with van der Waals surface area (Å²) < 4.78 is 0.447. The molecule has 1 fully saturated rings. The molecule has 0 aromatic heterocycles. The Labute approximate surface area is 113 Å². The maximum absolute atomic E-state index is 11.9. The zero-order valence-corrected chi connectivity index (χ0v) is 11.4. The first kappa shape index (κ1) is 13.0. The van der Waals surface area contributed by atoms with Gasteiger partial charge in [-0.3, -0.25) is 14.9 Å². The molecule has 2 rings (SSSR count). The Balaban J connectivity index is 2.09. The van der Waals surface area contributed by atoms with E-state index in [4.69, 9.17) is 0 Å². The molecule has 5 nitrogen and oxygen atoms in total. The van der Waals surface area contributed by atoms with Gasteiger partial charge in [0.15, 0.2) is 0 Å². The monoisotopic (exact) mass is 312 g/mol. The lowest BCUT2D eigenvalue weighted by molar-refractivity contribution is -0.384. The molecule has 0 spiro atoms. The quantitative estimate of drug-likeness (QED) is 0.686. The van der Waals surface area contributed by atoms with E-state index in [1.165, 1.54) is 18.2 Å². The molecule has 1 aromatic carbocycles. The Morgan fingerprint density at radius 3 is 2.83 bits per heavy atom. The van der Waals surface area contributed by atoms with Gasteiger partial charge in [0.1, 0.15) is 0 Å². The molecule has 1 saturated carbocycles. The van der Waals surface area contributed by atoms with Gasteiger partial charge in [-0.1, -0.05) is 13.3 Å². The van der Waals surface area contributed by atoms with Gasteiger partial charge in [0.05, 0.1) is 10.5 Å². The SMILES string of the molecule is CC[C@@H]1C[C@H]1NC(=O)c1ccc([N+](=O)[O-])cc1Br. The first-order valence-corrected chi connectivity index (χ1v) is 6.57. The van der Waals surface area contributed by atoms with Gasteiger partial charge < -0.3 is 5.32 Å². The highest BCUT2D eigenvalue weighted by Gasteiger charge is 2.36. The van der Waals surface area contributed by atoms with Crippen LogP contribution in [0.3, 0.4) is 0 Å². The average Bonchev–Trinajstić information content (AvgIpc) is 3.06. The third kappa shape index (κ3) is 2.69. The summed E-state index contributed by atoms with van der Waals surface area (Å²) >= 11 is 3.19. The molecule has 6 heteroatoms. The standard InChI is InChI=1S/C12H13BrN2O3/c1-2-7-5-11(7)14-12(16)9-4-3-8(15(17)18)6-10(9)13/h3-4,6-7,11H,2,5H2,1H3,(H,14,16)/t7-,11-/m1/s1. The second kappa shape index (κ2) is 5.06. The van der Waals surface area contributed by atoms with Crippen LogP contribution in [0.25, 0.3) is 0 Å². The number of carbonyl (C=O) groups is 1. The summed E-state index contributed by atoms with van der Waals surface area (Å²) in [5.74, 6) is 0.392. The predicted molar refractivity (Wildman–Crippen MR) is 70.4 cm³/mol. The number of carbonyl (C=O) groups excluding carboxylic acids is 1. The fourth-order valence-corrected chi connectivity index (χ4v) is 2.47. The lowest BCUT2D eigenvalue weighted by atomic mass is 10.2. The van der Waals surface area contributed by atoms with E-state index in [-0.39, 0.29) is 17.6 Å². The molecule has 96 valence electrons. The van der Waals surface area contributed by atoms with Crippen LogP contribution >= 0.6 is 15.9 Å². The molecule has 0 unspecified atom stereocenters. The van der Waals surface area contributed by atoms with Gasteiger partial charge in [-0.05, 0) is 34.3 Å². The van der Waals surface area contributed by atoms with Gasteiger partial charge in [0.25, 0.3) is 11.6 Å². The van der Waals surface area contributed by atoms with Crippen molar-refractivity contribution in [2.45, 2.75) is 25.8 Å². The number of amides is 1. The van der Waals surface area contributed by atoms with Crippen LogP contribution in [0.4, 0.5) is 5.69 Å². The number of benzene rings is 1. The van der Waals surface area contributed by atoms with Crippen LogP contribution in [-0.2, 0) is 0 Å².